The molecule has 0 aliphatic heterocycles. The summed E-state index contributed by atoms with van der Waals surface area (Å²) in [5.74, 6) is -0.579. The minimum atomic E-state index is -0.685. The number of rotatable bonds is 2. The van der Waals surface area contributed by atoms with Gasteiger partial charge in [0.05, 0.1) is 0 Å². The van der Waals surface area contributed by atoms with Crippen LogP contribution in [0.25, 0.3) is 0 Å². The average Bonchev–Trinajstić information content (AvgIpc) is 2.25. The first-order valence-electron chi connectivity index (χ1n) is 6.46. The predicted molar refractivity (Wildman–Crippen MR) is 66.4 cm³/mol. The molecular formula is C15H18F2O. The first-order valence-corrected chi connectivity index (χ1v) is 6.46. The summed E-state index contributed by atoms with van der Waals surface area (Å²) in [5, 5.41) is 0. The van der Waals surface area contributed by atoms with Gasteiger partial charge in [-0.2, -0.15) is 0 Å². The number of Topliss-reactive ketones (excluding diaryl/α,β-unsaturated/α-hetero) is 1. The van der Waals surface area contributed by atoms with E-state index in [4.69, 9.17) is 0 Å². The fourth-order valence-corrected chi connectivity index (χ4v) is 3.09. The largest absolute Gasteiger partial charge is 0.294 e. The molecule has 98 valence electrons. The molecule has 1 fully saturated rings. The van der Waals surface area contributed by atoms with Crippen molar-refractivity contribution < 1.29 is 13.6 Å². The maximum Gasteiger partial charge on any atom is 0.166 e. The Hall–Kier alpha value is -1.25. The Bertz CT molecular complexity index is 426. The van der Waals surface area contributed by atoms with Crippen LogP contribution in [-0.2, 0) is 0 Å². The second kappa shape index (κ2) is 5.17. The fraction of sp³-hybridized carbons (Fsp3) is 0.533. The predicted octanol–water partition coefficient (Wildman–Crippen LogP) is 4.22. The highest BCUT2D eigenvalue weighted by atomic mass is 19.1. The molecule has 0 bridgehead atoms. The summed E-state index contributed by atoms with van der Waals surface area (Å²) < 4.78 is 26.2. The van der Waals surface area contributed by atoms with E-state index in [1.807, 2.05) is 0 Å². The van der Waals surface area contributed by atoms with Crippen LogP contribution in [0.15, 0.2) is 18.2 Å². The van der Waals surface area contributed by atoms with E-state index in [0.29, 0.717) is 11.8 Å². The maximum atomic E-state index is 13.1. The molecule has 1 aromatic rings. The first kappa shape index (κ1) is 13.2. The summed E-state index contributed by atoms with van der Waals surface area (Å²) in [6, 6.07) is 3.06. The number of carbonyl (C=O) groups excluding carboxylic acids is 1. The number of halogens is 2. The summed E-state index contributed by atoms with van der Waals surface area (Å²) >= 11 is 0. The van der Waals surface area contributed by atoms with Gasteiger partial charge in [-0.15, -0.1) is 0 Å². The Balaban J connectivity index is 2.20. The highest BCUT2D eigenvalue weighted by molar-refractivity contribution is 5.97. The van der Waals surface area contributed by atoms with Gasteiger partial charge in [0.25, 0.3) is 0 Å². The lowest BCUT2D eigenvalue weighted by atomic mass is 9.74. The van der Waals surface area contributed by atoms with E-state index in [1.54, 1.807) is 0 Å². The van der Waals surface area contributed by atoms with Crippen molar-refractivity contribution in [1.29, 1.82) is 0 Å². The first-order chi connectivity index (χ1) is 8.45. The van der Waals surface area contributed by atoms with Gasteiger partial charge in [0.15, 0.2) is 5.78 Å². The van der Waals surface area contributed by atoms with Crippen molar-refractivity contribution in [2.45, 2.75) is 33.1 Å². The third-order valence-electron chi connectivity index (χ3n) is 3.70. The molecule has 1 nitrogen and oxygen atoms in total. The second-order valence-corrected chi connectivity index (χ2v) is 5.64. The summed E-state index contributed by atoms with van der Waals surface area (Å²) in [4.78, 5) is 12.3. The van der Waals surface area contributed by atoms with Gasteiger partial charge in [0.2, 0.25) is 0 Å². The van der Waals surface area contributed by atoms with Gasteiger partial charge < -0.3 is 0 Å². The fourth-order valence-electron chi connectivity index (χ4n) is 3.09. The molecule has 1 aliphatic rings. The van der Waals surface area contributed by atoms with Crippen LogP contribution in [0.5, 0.6) is 0 Å². The normalized spacial score (nSPS) is 28.1. The van der Waals surface area contributed by atoms with Gasteiger partial charge in [-0.25, -0.2) is 8.78 Å². The molecule has 0 aromatic heterocycles. The molecule has 1 aliphatic carbocycles. The van der Waals surface area contributed by atoms with Gasteiger partial charge in [0.1, 0.15) is 11.6 Å². The van der Waals surface area contributed by atoms with Crippen LogP contribution >= 0.6 is 0 Å². The van der Waals surface area contributed by atoms with Crippen molar-refractivity contribution in [3.63, 3.8) is 0 Å². The lowest BCUT2D eigenvalue weighted by molar-refractivity contribution is 0.0835. The van der Waals surface area contributed by atoms with Crippen molar-refractivity contribution in [3.05, 3.63) is 35.4 Å². The minimum Gasteiger partial charge on any atom is -0.294 e. The topological polar surface area (TPSA) is 17.1 Å². The zero-order valence-electron chi connectivity index (χ0n) is 10.7. The second-order valence-electron chi connectivity index (χ2n) is 5.64. The van der Waals surface area contributed by atoms with Gasteiger partial charge in [-0.3, -0.25) is 4.79 Å². The zero-order valence-corrected chi connectivity index (χ0v) is 10.7. The molecule has 0 heterocycles. The van der Waals surface area contributed by atoms with Crippen LogP contribution in [-0.4, -0.2) is 5.78 Å². The summed E-state index contributed by atoms with van der Waals surface area (Å²) in [6.45, 7) is 4.25. The molecule has 1 saturated carbocycles. The summed E-state index contributed by atoms with van der Waals surface area (Å²) in [6.07, 6.45) is 2.77. The molecule has 0 amide bonds. The molecule has 0 spiro atoms. The number of hydrogen-bond acceptors (Lipinski definition) is 1. The standard InChI is InChI=1S/C15H18F2O/c1-9-3-10(2)5-11(4-9)15(18)12-6-13(16)8-14(17)7-12/h6-11H,3-5H2,1-2H3. The van der Waals surface area contributed by atoms with Crippen molar-refractivity contribution in [2.24, 2.45) is 17.8 Å². The zero-order chi connectivity index (χ0) is 13.3. The van der Waals surface area contributed by atoms with Gasteiger partial charge >= 0.3 is 0 Å². The van der Waals surface area contributed by atoms with Gasteiger partial charge in [0, 0.05) is 17.5 Å². The van der Waals surface area contributed by atoms with E-state index in [-0.39, 0.29) is 17.3 Å². The molecule has 2 atom stereocenters. The molecule has 0 N–H and O–H groups in total. The molecule has 2 unspecified atom stereocenters. The third-order valence-corrected chi connectivity index (χ3v) is 3.70. The smallest absolute Gasteiger partial charge is 0.166 e. The minimum absolute atomic E-state index is 0.0926. The van der Waals surface area contributed by atoms with Crippen molar-refractivity contribution in [3.8, 4) is 0 Å². The third kappa shape index (κ3) is 2.95. The molecule has 1 aromatic carbocycles. The summed E-state index contributed by atoms with van der Waals surface area (Å²) in [7, 11) is 0. The summed E-state index contributed by atoms with van der Waals surface area (Å²) in [5.41, 5.74) is 0.166. The van der Waals surface area contributed by atoms with Gasteiger partial charge in [-0.1, -0.05) is 13.8 Å². The number of ketones is 1. The lowest BCUT2D eigenvalue weighted by Gasteiger charge is -2.30. The highest BCUT2D eigenvalue weighted by Gasteiger charge is 2.29. The molecule has 3 heteroatoms. The lowest BCUT2D eigenvalue weighted by Crippen LogP contribution is -2.26. The van der Waals surface area contributed by atoms with Crippen LogP contribution in [0.2, 0.25) is 0 Å². The van der Waals surface area contributed by atoms with E-state index < -0.39 is 11.6 Å². The van der Waals surface area contributed by atoms with Crippen LogP contribution in [0.3, 0.4) is 0 Å². The van der Waals surface area contributed by atoms with E-state index in [0.717, 1.165) is 37.5 Å². The Kier molecular flexibility index (Phi) is 3.79. The Morgan fingerprint density at radius 2 is 1.50 bits per heavy atom. The molecule has 18 heavy (non-hydrogen) atoms. The van der Waals surface area contributed by atoms with Crippen molar-refractivity contribution in [1.82, 2.24) is 0 Å². The van der Waals surface area contributed by atoms with E-state index in [9.17, 15) is 13.6 Å². The average molecular weight is 252 g/mol. The van der Waals surface area contributed by atoms with E-state index in [1.165, 1.54) is 0 Å². The van der Waals surface area contributed by atoms with Crippen LogP contribution in [0.4, 0.5) is 8.78 Å². The quantitative estimate of drug-likeness (QED) is 0.720. The Labute approximate surface area is 106 Å². The van der Waals surface area contributed by atoms with E-state index >= 15 is 0 Å². The molecule has 0 saturated heterocycles. The Morgan fingerprint density at radius 1 is 1.00 bits per heavy atom. The SMILES string of the molecule is CC1CC(C)CC(C(=O)c2cc(F)cc(F)c2)C1. The maximum absolute atomic E-state index is 13.1. The molecular weight excluding hydrogens is 234 g/mol. The molecule has 2 rings (SSSR count). The Morgan fingerprint density at radius 3 is 2.00 bits per heavy atom. The number of hydrogen-bond donors (Lipinski definition) is 0. The number of benzene rings is 1. The van der Waals surface area contributed by atoms with Crippen LogP contribution < -0.4 is 0 Å². The van der Waals surface area contributed by atoms with Crippen LogP contribution in [0, 0.1) is 29.4 Å². The highest BCUT2D eigenvalue weighted by Crippen LogP contribution is 2.34. The monoisotopic (exact) mass is 252 g/mol. The van der Waals surface area contributed by atoms with Gasteiger partial charge in [-0.05, 0) is 43.2 Å². The number of carbonyl (C=O) groups is 1. The van der Waals surface area contributed by atoms with Crippen molar-refractivity contribution >= 4 is 5.78 Å². The van der Waals surface area contributed by atoms with Crippen molar-refractivity contribution in [2.75, 3.05) is 0 Å². The van der Waals surface area contributed by atoms with Crippen LogP contribution in [0.1, 0.15) is 43.5 Å². The molecule has 0 radical (unpaired) electrons. The van der Waals surface area contributed by atoms with E-state index in [2.05, 4.69) is 13.8 Å².